The summed E-state index contributed by atoms with van der Waals surface area (Å²) in [5, 5.41) is 1.08. The van der Waals surface area contributed by atoms with E-state index >= 15 is 0 Å². The summed E-state index contributed by atoms with van der Waals surface area (Å²) in [6, 6.07) is 15.0. The number of benzene rings is 2. The number of amides is 1. The van der Waals surface area contributed by atoms with Crippen LogP contribution in [0.25, 0.3) is 0 Å². The maximum atomic E-state index is 14.0. The molecular weight excluding hydrogens is 489 g/mol. The van der Waals surface area contributed by atoms with E-state index in [4.69, 9.17) is 27.4 Å². The molecule has 3 rings (SSSR count). The highest BCUT2D eigenvalue weighted by Crippen LogP contribution is 2.48. The Kier molecular flexibility index (Phi) is 9.39. The number of likely N-dealkylation sites (tertiary alicyclic amines) is 1. The van der Waals surface area contributed by atoms with E-state index in [-0.39, 0.29) is 35.0 Å². The number of nitrogens with zero attached hydrogens (tertiary/aromatic N) is 1. The molecule has 0 spiro atoms. The Bertz CT molecular complexity index is 1020. The molecule has 2 aromatic rings. The number of carbonyl (C=O) groups excluding carboxylic acids is 1. The molecule has 184 valence electrons. The van der Waals surface area contributed by atoms with E-state index in [1.807, 2.05) is 75.1 Å². The van der Waals surface area contributed by atoms with Crippen molar-refractivity contribution in [3.8, 4) is 0 Å². The van der Waals surface area contributed by atoms with Gasteiger partial charge in [-0.1, -0.05) is 67.4 Å². The third kappa shape index (κ3) is 6.12. The van der Waals surface area contributed by atoms with E-state index in [1.54, 1.807) is 6.08 Å². The van der Waals surface area contributed by atoms with Gasteiger partial charge in [-0.2, -0.15) is 0 Å². The highest BCUT2D eigenvalue weighted by atomic mass is 35.5. The Morgan fingerprint density at radius 2 is 1.76 bits per heavy atom. The molecule has 5 atom stereocenters. The van der Waals surface area contributed by atoms with Crippen molar-refractivity contribution in [3.05, 3.63) is 82.4 Å². The highest BCUT2D eigenvalue weighted by molar-refractivity contribution is 7.80. The second-order valence-corrected chi connectivity index (χ2v) is 11.9. The van der Waals surface area contributed by atoms with Gasteiger partial charge in [-0.3, -0.25) is 8.98 Å². The summed E-state index contributed by atoms with van der Waals surface area (Å²) in [6.07, 6.45) is 2.33. The Morgan fingerprint density at radius 1 is 1.09 bits per heavy atom. The number of carbonyl (C=O) groups is 1. The van der Waals surface area contributed by atoms with Gasteiger partial charge in [0.25, 0.3) is 0 Å². The molecule has 1 saturated heterocycles. The van der Waals surface area contributed by atoms with Gasteiger partial charge in [0, 0.05) is 21.9 Å². The second kappa shape index (κ2) is 11.9. The molecule has 0 aromatic heterocycles. The number of rotatable bonds is 9. The summed E-state index contributed by atoms with van der Waals surface area (Å²) in [7, 11) is 0. The van der Waals surface area contributed by atoms with E-state index in [0.717, 1.165) is 11.1 Å². The second-order valence-electron chi connectivity index (χ2n) is 9.40. The Balaban J connectivity index is 2.20. The molecule has 0 saturated carbocycles. The fraction of sp³-hybridized carbons (Fsp3) is 0.444. The van der Waals surface area contributed by atoms with Crippen molar-refractivity contribution >= 4 is 40.2 Å². The topological polar surface area (TPSA) is 46.6 Å². The van der Waals surface area contributed by atoms with Crippen LogP contribution in [0.1, 0.15) is 63.6 Å². The SMILES string of the molecule is C=CCC1CC(c2cccc(Cl)c2)C(c2ccc(Cl)cc2)N([C@H](OS(=O)C(C)C)C(C)C)C1=O. The van der Waals surface area contributed by atoms with Gasteiger partial charge in [-0.25, -0.2) is 4.21 Å². The minimum Gasteiger partial charge on any atom is -0.307 e. The molecule has 0 aliphatic carbocycles. The maximum absolute atomic E-state index is 14.0. The first-order chi connectivity index (χ1) is 16.1. The number of hydrogen-bond acceptors (Lipinski definition) is 3. The monoisotopic (exact) mass is 521 g/mol. The van der Waals surface area contributed by atoms with E-state index < -0.39 is 17.3 Å². The van der Waals surface area contributed by atoms with Gasteiger partial charge in [0.15, 0.2) is 17.3 Å². The molecule has 1 amide bonds. The summed E-state index contributed by atoms with van der Waals surface area (Å²) >= 11 is 11.0. The van der Waals surface area contributed by atoms with Crippen LogP contribution in [0.2, 0.25) is 10.0 Å². The van der Waals surface area contributed by atoms with Gasteiger partial charge < -0.3 is 4.90 Å². The first kappa shape index (κ1) is 26.9. The molecule has 1 fully saturated rings. The highest BCUT2D eigenvalue weighted by Gasteiger charge is 2.47. The smallest absolute Gasteiger partial charge is 0.228 e. The first-order valence-electron chi connectivity index (χ1n) is 11.7. The average molecular weight is 523 g/mol. The molecule has 0 radical (unpaired) electrons. The van der Waals surface area contributed by atoms with Gasteiger partial charge in [0.05, 0.1) is 11.3 Å². The lowest BCUT2D eigenvalue weighted by Crippen LogP contribution is -2.54. The zero-order chi connectivity index (χ0) is 25.0. The van der Waals surface area contributed by atoms with Gasteiger partial charge in [0.2, 0.25) is 5.91 Å². The van der Waals surface area contributed by atoms with Crippen molar-refractivity contribution in [1.29, 1.82) is 0 Å². The lowest BCUT2D eigenvalue weighted by Gasteiger charge is -2.48. The standard InChI is InChI=1S/C27H33Cl2NO3S/c1-6-8-21-16-24(20-9-7-10-23(29)15-20)25(19-11-13-22(28)14-12-19)30(26(21)31)27(17(2)3)33-34(32)18(4)5/h6-7,9-15,17-18,21,24-25,27H,1,8,16H2,2-5H3/t21?,24?,25?,27-,34?/m1/s1. The van der Waals surface area contributed by atoms with Gasteiger partial charge in [-0.15, -0.1) is 6.58 Å². The zero-order valence-electron chi connectivity index (χ0n) is 20.1. The molecular formula is C27H33Cl2NO3S. The molecule has 34 heavy (non-hydrogen) atoms. The van der Waals surface area contributed by atoms with Crippen molar-refractivity contribution in [3.63, 3.8) is 0 Å². The van der Waals surface area contributed by atoms with E-state index in [2.05, 4.69) is 12.6 Å². The quantitative estimate of drug-likeness (QED) is 0.325. The van der Waals surface area contributed by atoms with Gasteiger partial charge >= 0.3 is 0 Å². The maximum Gasteiger partial charge on any atom is 0.228 e. The van der Waals surface area contributed by atoms with Crippen molar-refractivity contribution in [1.82, 2.24) is 4.90 Å². The lowest BCUT2D eigenvalue weighted by molar-refractivity contribution is -0.158. The van der Waals surface area contributed by atoms with Crippen LogP contribution in [0, 0.1) is 11.8 Å². The van der Waals surface area contributed by atoms with Crippen molar-refractivity contribution in [2.24, 2.45) is 11.8 Å². The van der Waals surface area contributed by atoms with Crippen LogP contribution < -0.4 is 0 Å². The third-order valence-corrected chi connectivity index (χ3v) is 7.83. The van der Waals surface area contributed by atoms with Crippen LogP contribution in [-0.2, 0) is 20.1 Å². The molecule has 0 bridgehead atoms. The number of hydrogen-bond donors (Lipinski definition) is 0. The molecule has 1 aliphatic heterocycles. The third-order valence-electron chi connectivity index (χ3n) is 6.19. The molecule has 1 heterocycles. The fourth-order valence-electron chi connectivity index (χ4n) is 4.56. The first-order valence-corrected chi connectivity index (χ1v) is 13.5. The van der Waals surface area contributed by atoms with Crippen LogP contribution in [0.5, 0.6) is 0 Å². The van der Waals surface area contributed by atoms with Crippen LogP contribution in [-0.4, -0.2) is 26.5 Å². The summed E-state index contributed by atoms with van der Waals surface area (Å²) < 4.78 is 18.9. The summed E-state index contributed by atoms with van der Waals surface area (Å²) in [5.74, 6) is -0.399. The number of piperidine rings is 1. The Hall–Kier alpha value is -1.66. The van der Waals surface area contributed by atoms with Crippen molar-refractivity contribution in [2.45, 2.75) is 64.0 Å². The van der Waals surface area contributed by atoms with Crippen LogP contribution >= 0.6 is 23.2 Å². The average Bonchev–Trinajstić information content (AvgIpc) is 2.79. The molecule has 4 unspecified atom stereocenters. The van der Waals surface area contributed by atoms with E-state index in [9.17, 15) is 9.00 Å². The molecule has 0 N–H and O–H groups in total. The fourth-order valence-corrected chi connectivity index (χ4v) is 5.61. The van der Waals surface area contributed by atoms with E-state index in [1.165, 1.54) is 0 Å². The largest absolute Gasteiger partial charge is 0.307 e. The molecule has 4 nitrogen and oxygen atoms in total. The summed E-state index contributed by atoms with van der Waals surface area (Å²) in [4.78, 5) is 15.8. The molecule has 2 aromatic carbocycles. The van der Waals surface area contributed by atoms with Crippen LogP contribution in [0.15, 0.2) is 61.2 Å². The predicted molar refractivity (Wildman–Crippen MR) is 141 cm³/mol. The summed E-state index contributed by atoms with van der Waals surface area (Å²) in [6.45, 7) is 11.5. The Labute approximate surface area is 215 Å². The van der Waals surface area contributed by atoms with Gasteiger partial charge in [0.1, 0.15) is 0 Å². The molecule has 1 aliphatic rings. The number of allylic oxidation sites excluding steroid dienone is 1. The molecule has 7 heteroatoms. The number of halogens is 2. The van der Waals surface area contributed by atoms with Crippen molar-refractivity contribution < 1.29 is 13.2 Å². The summed E-state index contributed by atoms with van der Waals surface area (Å²) in [5.41, 5.74) is 2.00. The lowest BCUT2D eigenvalue weighted by atomic mass is 9.74. The minimum atomic E-state index is -1.54. The Morgan fingerprint density at radius 3 is 2.32 bits per heavy atom. The zero-order valence-corrected chi connectivity index (χ0v) is 22.4. The van der Waals surface area contributed by atoms with Gasteiger partial charge in [-0.05, 0) is 68.0 Å². The minimum absolute atomic E-state index is 0.0161. The normalized spacial score (nSPS) is 22.8. The van der Waals surface area contributed by atoms with E-state index in [0.29, 0.717) is 22.9 Å². The predicted octanol–water partition coefficient (Wildman–Crippen LogP) is 7.31. The van der Waals surface area contributed by atoms with Crippen LogP contribution in [0.3, 0.4) is 0 Å². The van der Waals surface area contributed by atoms with Crippen molar-refractivity contribution in [2.75, 3.05) is 0 Å². The van der Waals surface area contributed by atoms with Crippen LogP contribution in [0.4, 0.5) is 0 Å².